The molecule has 80 valence electrons. The van der Waals surface area contributed by atoms with Crippen molar-refractivity contribution in [2.75, 3.05) is 0 Å². The molecule has 0 fully saturated rings. The summed E-state index contributed by atoms with van der Waals surface area (Å²) < 4.78 is 1.89. The van der Waals surface area contributed by atoms with Gasteiger partial charge >= 0.3 is 0 Å². The van der Waals surface area contributed by atoms with Crippen molar-refractivity contribution in [1.82, 2.24) is 9.88 Å². The molecule has 1 heterocycles. The average Bonchev–Trinajstić information content (AvgIpc) is 2.56. The molecular formula is C12H11N3O. The van der Waals surface area contributed by atoms with Crippen molar-refractivity contribution in [3.05, 3.63) is 36.0 Å². The lowest BCUT2D eigenvalue weighted by Gasteiger charge is -2.05. The van der Waals surface area contributed by atoms with Crippen LogP contribution in [0.3, 0.4) is 0 Å². The van der Waals surface area contributed by atoms with Crippen molar-refractivity contribution in [2.24, 2.45) is 0 Å². The van der Waals surface area contributed by atoms with Crippen LogP contribution in [-0.4, -0.2) is 10.5 Å². The molecule has 0 atom stereocenters. The first-order valence-electron chi connectivity index (χ1n) is 4.95. The highest BCUT2D eigenvalue weighted by Crippen LogP contribution is 2.18. The summed E-state index contributed by atoms with van der Waals surface area (Å²) in [5.41, 5.74) is 2.02. The molecule has 4 nitrogen and oxygen atoms in total. The van der Waals surface area contributed by atoms with Crippen LogP contribution < -0.4 is 5.32 Å². The van der Waals surface area contributed by atoms with Crippen molar-refractivity contribution in [1.29, 1.82) is 5.26 Å². The predicted octanol–water partition coefficient (Wildman–Crippen LogP) is 1.55. The summed E-state index contributed by atoms with van der Waals surface area (Å²) in [5.74, 6) is -0.299. The molecule has 1 aromatic carbocycles. The Morgan fingerprint density at radius 2 is 2.25 bits per heavy atom. The molecule has 1 N–H and O–H groups in total. The van der Waals surface area contributed by atoms with Gasteiger partial charge in [-0.3, -0.25) is 10.1 Å². The number of aromatic nitrogens is 1. The molecule has 0 unspecified atom stereocenters. The standard InChI is InChI=1S/C12H11N3O/c1-9-6-10-4-2-3-5-11(10)15(9)7-12(16)14-8-13/h2-6H,7H2,1H3,(H,14,16). The van der Waals surface area contributed by atoms with Crippen molar-refractivity contribution in [3.8, 4) is 6.19 Å². The number of carbonyl (C=O) groups is 1. The van der Waals surface area contributed by atoms with Crippen LogP contribution in [0, 0.1) is 18.4 Å². The molecule has 2 aromatic rings. The van der Waals surface area contributed by atoms with Gasteiger partial charge in [0.05, 0.1) is 0 Å². The Morgan fingerprint density at radius 1 is 1.50 bits per heavy atom. The van der Waals surface area contributed by atoms with Gasteiger partial charge in [0.1, 0.15) is 6.54 Å². The maximum Gasteiger partial charge on any atom is 0.252 e. The number of benzene rings is 1. The second-order valence-corrected chi connectivity index (χ2v) is 3.59. The third-order valence-corrected chi connectivity index (χ3v) is 2.51. The average molecular weight is 213 g/mol. The fourth-order valence-corrected chi connectivity index (χ4v) is 1.80. The number of rotatable bonds is 2. The normalized spacial score (nSPS) is 10.0. The summed E-state index contributed by atoms with van der Waals surface area (Å²) in [6.45, 7) is 2.12. The van der Waals surface area contributed by atoms with Gasteiger partial charge in [-0.15, -0.1) is 0 Å². The van der Waals surface area contributed by atoms with E-state index in [2.05, 4.69) is 5.32 Å². The molecule has 0 aliphatic heterocycles. The van der Waals surface area contributed by atoms with Crippen LogP contribution in [0.4, 0.5) is 0 Å². The highest BCUT2D eigenvalue weighted by molar-refractivity contribution is 5.84. The summed E-state index contributed by atoms with van der Waals surface area (Å²) in [4.78, 5) is 11.4. The van der Waals surface area contributed by atoms with Crippen molar-refractivity contribution in [2.45, 2.75) is 13.5 Å². The molecule has 0 radical (unpaired) electrons. The minimum absolute atomic E-state index is 0.174. The zero-order valence-electron chi connectivity index (χ0n) is 8.90. The molecule has 4 heteroatoms. The first-order chi connectivity index (χ1) is 7.72. The van der Waals surface area contributed by atoms with Gasteiger partial charge in [-0.05, 0) is 24.4 Å². The smallest absolute Gasteiger partial charge is 0.252 e. The Bertz CT molecular complexity index is 577. The van der Waals surface area contributed by atoms with E-state index in [1.165, 1.54) is 0 Å². The Hall–Kier alpha value is -2.28. The Labute approximate surface area is 93.1 Å². The van der Waals surface area contributed by atoms with Crippen LogP contribution in [0.5, 0.6) is 0 Å². The highest BCUT2D eigenvalue weighted by Gasteiger charge is 2.08. The van der Waals surface area contributed by atoms with Crippen molar-refractivity contribution < 1.29 is 4.79 Å². The Balaban J connectivity index is 2.40. The molecule has 16 heavy (non-hydrogen) atoms. The monoisotopic (exact) mass is 213 g/mol. The minimum atomic E-state index is -0.299. The lowest BCUT2D eigenvalue weighted by Crippen LogP contribution is -2.23. The number of hydrogen-bond donors (Lipinski definition) is 1. The zero-order chi connectivity index (χ0) is 11.5. The van der Waals surface area contributed by atoms with Gasteiger partial charge in [-0.1, -0.05) is 18.2 Å². The van der Waals surface area contributed by atoms with E-state index in [1.807, 2.05) is 41.8 Å². The number of carbonyl (C=O) groups excluding carboxylic acids is 1. The van der Waals surface area contributed by atoms with E-state index in [9.17, 15) is 4.79 Å². The number of para-hydroxylation sites is 1. The van der Waals surface area contributed by atoms with Gasteiger partial charge in [0, 0.05) is 11.2 Å². The van der Waals surface area contributed by atoms with E-state index < -0.39 is 0 Å². The quantitative estimate of drug-likeness (QED) is 0.607. The SMILES string of the molecule is Cc1cc2ccccc2n1CC(=O)NC#N. The molecular weight excluding hydrogens is 202 g/mol. The minimum Gasteiger partial charge on any atom is -0.335 e. The largest absolute Gasteiger partial charge is 0.335 e. The van der Waals surface area contributed by atoms with E-state index >= 15 is 0 Å². The fraction of sp³-hybridized carbons (Fsp3) is 0.167. The number of aryl methyl sites for hydroxylation is 1. The van der Waals surface area contributed by atoms with E-state index in [4.69, 9.17) is 5.26 Å². The predicted molar refractivity (Wildman–Crippen MR) is 60.4 cm³/mol. The number of amides is 1. The Kier molecular flexibility index (Phi) is 2.61. The summed E-state index contributed by atoms with van der Waals surface area (Å²) in [7, 11) is 0. The van der Waals surface area contributed by atoms with E-state index in [0.29, 0.717) is 0 Å². The topological polar surface area (TPSA) is 57.8 Å². The maximum absolute atomic E-state index is 11.4. The van der Waals surface area contributed by atoms with Gasteiger partial charge in [-0.2, -0.15) is 5.26 Å². The van der Waals surface area contributed by atoms with Gasteiger partial charge in [0.25, 0.3) is 5.91 Å². The number of nitrogens with one attached hydrogen (secondary N) is 1. The number of hydrogen-bond acceptors (Lipinski definition) is 2. The molecule has 1 amide bonds. The highest BCUT2D eigenvalue weighted by atomic mass is 16.1. The number of nitriles is 1. The van der Waals surface area contributed by atoms with Crippen LogP contribution in [0.1, 0.15) is 5.69 Å². The molecule has 0 bridgehead atoms. The fourth-order valence-electron chi connectivity index (χ4n) is 1.80. The van der Waals surface area contributed by atoms with E-state index in [-0.39, 0.29) is 12.5 Å². The van der Waals surface area contributed by atoms with Crippen LogP contribution in [0.2, 0.25) is 0 Å². The van der Waals surface area contributed by atoms with Crippen LogP contribution >= 0.6 is 0 Å². The van der Waals surface area contributed by atoms with E-state index in [1.54, 1.807) is 6.19 Å². The van der Waals surface area contributed by atoms with Crippen LogP contribution in [-0.2, 0) is 11.3 Å². The molecule has 0 saturated carbocycles. The number of nitrogens with zero attached hydrogens (tertiary/aromatic N) is 2. The summed E-state index contributed by atoms with van der Waals surface area (Å²) in [5, 5.41) is 11.6. The maximum atomic E-state index is 11.4. The van der Waals surface area contributed by atoms with Gasteiger partial charge < -0.3 is 4.57 Å². The van der Waals surface area contributed by atoms with E-state index in [0.717, 1.165) is 16.6 Å². The number of fused-ring (bicyclic) bond motifs is 1. The van der Waals surface area contributed by atoms with Crippen LogP contribution in [0.15, 0.2) is 30.3 Å². The second kappa shape index (κ2) is 4.07. The van der Waals surface area contributed by atoms with Gasteiger partial charge in [0.15, 0.2) is 6.19 Å². The molecule has 0 aliphatic rings. The van der Waals surface area contributed by atoms with Crippen molar-refractivity contribution >= 4 is 16.8 Å². The third kappa shape index (κ3) is 1.75. The molecule has 1 aromatic heterocycles. The lowest BCUT2D eigenvalue weighted by atomic mass is 10.2. The third-order valence-electron chi connectivity index (χ3n) is 2.51. The lowest BCUT2D eigenvalue weighted by molar-refractivity contribution is -0.120. The first-order valence-corrected chi connectivity index (χ1v) is 4.95. The summed E-state index contributed by atoms with van der Waals surface area (Å²) in [6.07, 6.45) is 1.63. The van der Waals surface area contributed by atoms with Crippen LogP contribution in [0.25, 0.3) is 10.9 Å². The Morgan fingerprint density at radius 3 is 3.00 bits per heavy atom. The summed E-state index contributed by atoms with van der Waals surface area (Å²) in [6, 6.07) is 9.87. The molecule has 2 rings (SSSR count). The zero-order valence-corrected chi connectivity index (χ0v) is 8.90. The van der Waals surface area contributed by atoms with Gasteiger partial charge in [-0.25, -0.2) is 0 Å². The first kappa shape index (κ1) is 10.2. The summed E-state index contributed by atoms with van der Waals surface area (Å²) >= 11 is 0. The molecule has 0 saturated heterocycles. The molecule has 0 spiro atoms. The van der Waals surface area contributed by atoms with Crippen molar-refractivity contribution in [3.63, 3.8) is 0 Å². The van der Waals surface area contributed by atoms with Gasteiger partial charge in [0.2, 0.25) is 0 Å². The second-order valence-electron chi connectivity index (χ2n) is 3.59. The molecule has 0 aliphatic carbocycles.